The van der Waals surface area contributed by atoms with Crippen LogP contribution >= 0.6 is 11.8 Å². The molecule has 0 aromatic heterocycles. The number of hydrogen-bond donors (Lipinski definition) is 2. The minimum Gasteiger partial charge on any atom is -0.352 e. The second kappa shape index (κ2) is 7.53. The van der Waals surface area contributed by atoms with Gasteiger partial charge in [-0.2, -0.15) is 11.8 Å². The molecular weight excluding hydrogens is 320 g/mol. The van der Waals surface area contributed by atoms with Gasteiger partial charge in [-0.25, -0.2) is 8.42 Å². The van der Waals surface area contributed by atoms with Crippen molar-refractivity contribution >= 4 is 27.5 Å². The van der Waals surface area contributed by atoms with E-state index in [2.05, 4.69) is 17.6 Å². The Labute approximate surface area is 138 Å². The molecule has 22 heavy (non-hydrogen) atoms. The van der Waals surface area contributed by atoms with Crippen LogP contribution in [0.4, 0.5) is 0 Å². The molecule has 1 saturated carbocycles. The molecule has 1 aliphatic heterocycles. The predicted molar refractivity (Wildman–Crippen MR) is 92.0 cm³/mol. The number of amides is 1. The van der Waals surface area contributed by atoms with E-state index in [4.69, 9.17) is 0 Å². The van der Waals surface area contributed by atoms with Crippen LogP contribution < -0.4 is 10.6 Å². The molecule has 1 heterocycles. The highest BCUT2D eigenvalue weighted by atomic mass is 32.2. The summed E-state index contributed by atoms with van der Waals surface area (Å²) in [5.74, 6) is 0.813. The predicted octanol–water partition coefficient (Wildman–Crippen LogP) is 1.33. The van der Waals surface area contributed by atoms with Crippen LogP contribution in [0.5, 0.6) is 0 Å². The van der Waals surface area contributed by atoms with Crippen molar-refractivity contribution in [3.63, 3.8) is 0 Å². The lowest BCUT2D eigenvalue weighted by Gasteiger charge is -2.37. The van der Waals surface area contributed by atoms with E-state index in [0.29, 0.717) is 31.2 Å². The minimum atomic E-state index is -3.42. The van der Waals surface area contributed by atoms with Crippen LogP contribution in [0.3, 0.4) is 0 Å². The third-order valence-electron chi connectivity index (χ3n) is 4.90. The number of hydrogen-bond acceptors (Lipinski definition) is 5. The van der Waals surface area contributed by atoms with E-state index in [9.17, 15) is 13.2 Å². The standard InChI is InChI=1S/C15H28N2O3S2/c1-3-21-13-6-4-5-12(11-13)17-14(18)15(22(2,19)20)7-9-16-10-8-15/h12-13,16H,3-11H2,1-2H3,(H,17,18). The molecular formula is C15H28N2O3S2. The maximum absolute atomic E-state index is 12.8. The summed E-state index contributed by atoms with van der Waals surface area (Å²) in [6, 6.07) is 0.124. The fraction of sp³-hybridized carbons (Fsp3) is 0.933. The van der Waals surface area contributed by atoms with Gasteiger partial charge in [-0.15, -0.1) is 0 Å². The topological polar surface area (TPSA) is 75.3 Å². The second-order valence-corrected chi connectivity index (χ2v) is 10.3. The molecule has 0 radical (unpaired) electrons. The molecule has 2 aliphatic rings. The Morgan fingerprint density at radius 2 is 2.00 bits per heavy atom. The Kier molecular flexibility index (Phi) is 6.19. The number of sulfone groups is 1. The fourth-order valence-electron chi connectivity index (χ4n) is 3.58. The second-order valence-electron chi connectivity index (χ2n) is 6.43. The van der Waals surface area contributed by atoms with Gasteiger partial charge in [-0.1, -0.05) is 13.3 Å². The summed E-state index contributed by atoms with van der Waals surface area (Å²) < 4.78 is 23.3. The van der Waals surface area contributed by atoms with Crippen LogP contribution in [0.15, 0.2) is 0 Å². The highest BCUT2D eigenvalue weighted by Crippen LogP contribution is 2.31. The van der Waals surface area contributed by atoms with E-state index in [1.165, 1.54) is 12.7 Å². The van der Waals surface area contributed by atoms with Crippen LogP contribution in [0.25, 0.3) is 0 Å². The van der Waals surface area contributed by atoms with Crippen LogP contribution in [-0.4, -0.2) is 55.5 Å². The summed E-state index contributed by atoms with van der Waals surface area (Å²) in [4.78, 5) is 12.8. The normalized spacial score (nSPS) is 29.0. The highest BCUT2D eigenvalue weighted by Gasteiger charge is 2.49. The summed E-state index contributed by atoms with van der Waals surface area (Å²) in [6.45, 7) is 3.32. The van der Waals surface area contributed by atoms with E-state index in [0.717, 1.165) is 25.0 Å². The van der Waals surface area contributed by atoms with Crippen molar-refractivity contribution in [2.24, 2.45) is 0 Å². The molecule has 2 atom stereocenters. The van der Waals surface area contributed by atoms with Crippen molar-refractivity contribution in [3.05, 3.63) is 0 Å². The molecule has 7 heteroatoms. The molecule has 1 aliphatic carbocycles. The maximum Gasteiger partial charge on any atom is 0.241 e. The van der Waals surface area contributed by atoms with Gasteiger partial charge < -0.3 is 10.6 Å². The highest BCUT2D eigenvalue weighted by molar-refractivity contribution is 7.99. The smallest absolute Gasteiger partial charge is 0.241 e. The van der Waals surface area contributed by atoms with E-state index in [1.807, 2.05) is 11.8 Å². The van der Waals surface area contributed by atoms with Crippen LogP contribution in [0.2, 0.25) is 0 Å². The molecule has 1 saturated heterocycles. The van der Waals surface area contributed by atoms with Gasteiger partial charge >= 0.3 is 0 Å². The maximum atomic E-state index is 12.8. The first kappa shape index (κ1) is 18.1. The number of thioether (sulfide) groups is 1. The first-order valence-electron chi connectivity index (χ1n) is 8.22. The molecule has 0 aromatic rings. The average molecular weight is 349 g/mol. The molecule has 2 unspecified atom stereocenters. The van der Waals surface area contributed by atoms with Crippen LogP contribution in [-0.2, 0) is 14.6 Å². The third-order valence-corrected chi connectivity index (χ3v) is 8.14. The van der Waals surface area contributed by atoms with Crippen LogP contribution in [0, 0.1) is 0 Å². The number of piperidine rings is 1. The van der Waals surface area contributed by atoms with Crippen molar-refractivity contribution in [2.75, 3.05) is 25.1 Å². The molecule has 128 valence electrons. The van der Waals surface area contributed by atoms with E-state index < -0.39 is 14.6 Å². The van der Waals surface area contributed by atoms with Gasteiger partial charge in [-0.3, -0.25) is 4.79 Å². The van der Waals surface area contributed by atoms with Crippen molar-refractivity contribution in [3.8, 4) is 0 Å². The number of rotatable bonds is 5. The SMILES string of the molecule is CCSC1CCCC(NC(=O)C2(S(C)(=O)=O)CCNCC2)C1. The van der Waals surface area contributed by atoms with E-state index >= 15 is 0 Å². The van der Waals surface area contributed by atoms with Gasteiger partial charge in [0.25, 0.3) is 0 Å². The van der Waals surface area contributed by atoms with Gasteiger partial charge in [0, 0.05) is 17.5 Å². The summed E-state index contributed by atoms with van der Waals surface area (Å²) in [7, 11) is -3.42. The minimum absolute atomic E-state index is 0.124. The molecule has 0 aromatic carbocycles. The summed E-state index contributed by atoms with van der Waals surface area (Å²) >= 11 is 1.94. The van der Waals surface area contributed by atoms with Gasteiger partial charge in [0.2, 0.25) is 5.91 Å². The van der Waals surface area contributed by atoms with E-state index in [-0.39, 0.29) is 11.9 Å². The summed E-state index contributed by atoms with van der Waals surface area (Å²) in [5, 5.41) is 6.80. The van der Waals surface area contributed by atoms with Crippen molar-refractivity contribution in [1.82, 2.24) is 10.6 Å². The Hall–Kier alpha value is -0.270. The first-order valence-corrected chi connectivity index (χ1v) is 11.2. The lowest BCUT2D eigenvalue weighted by Crippen LogP contribution is -2.59. The lowest BCUT2D eigenvalue weighted by atomic mass is 9.92. The first-order chi connectivity index (χ1) is 10.4. The summed E-state index contributed by atoms with van der Waals surface area (Å²) in [6.07, 6.45) is 6.18. The summed E-state index contributed by atoms with van der Waals surface area (Å²) in [5.41, 5.74) is 0. The van der Waals surface area contributed by atoms with Crippen molar-refractivity contribution in [2.45, 2.75) is 61.5 Å². The van der Waals surface area contributed by atoms with Crippen molar-refractivity contribution < 1.29 is 13.2 Å². The zero-order valence-electron chi connectivity index (χ0n) is 13.6. The quantitative estimate of drug-likeness (QED) is 0.784. The Morgan fingerprint density at radius 3 is 2.59 bits per heavy atom. The molecule has 1 amide bonds. The average Bonchev–Trinajstić information content (AvgIpc) is 2.47. The molecule has 0 bridgehead atoms. The van der Waals surface area contributed by atoms with Gasteiger partial charge in [0.15, 0.2) is 14.6 Å². The fourth-order valence-corrected chi connectivity index (χ4v) is 6.09. The monoisotopic (exact) mass is 348 g/mol. The van der Waals surface area contributed by atoms with Gasteiger partial charge in [0.1, 0.15) is 0 Å². The molecule has 2 rings (SSSR count). The number of carbonyl (C=O) groups excluding carboxylic acids is 1. The van der Waals surface area contributed by atoms with Crippen LogP contribution in [0.1, 0.15) is 45.4 Å². The number of carbonyl (C=O) groups is 1. The van der Waals surface area contributed by atoms with Gasteiger partial charge in [0.05, 0.1) is 0 Å². The number of nitrogens with one attached hydrogen (secondary N) is 2. The molecule has 0 spiro atoms. The lowest BCUT2D eigenvalue weighted by molar-refractivity contribution is -0.125. The molecule has 5 nitrogen and oxygen atoms in total. The largest absolute Gasteiger partial charge is 0.352 e. The zero-order chi connectivity index (χ0) is 16.2. The van der Waals surface area contributed by atoms with Gasteiger partial charge in [-0.05, 0) is 50.9 Å². The third kappa shape index (κ3) is 3.97. The Balaban J connectivity index is 2.05. The Bertz CT molecular complexity index is 485. The van der Waals surface area contributed by atoms with Crippen molar-refractivity contribution in [1.29, 1.82) is 0 Å². The Morgan fingerprint density at radius 1 is 1.32 bits per heavy atom. The molecule has 2 N–H and O–H groups in total. The molecule has 2 fully saturated rings. The van der Waals surface area contributed by atoms with E-state index in [1.54, 1.807) is 0 Å². The zero-order valence-corrected chi connectivity index (χ0v) is 15.2.